The van der Waals surface area contributed by atoms with E-state index in [1.807, 2.05) is 0 Å². The van der Waals surface area contributed by atoms with Gasteiger partial charge in [-0.2, -0.15) is 5.10 Å². The Morgan fingerprint density at radius 3 is 2.65 bits per heavy atom. The number of hydrogen-bond acceptors (Lipinski definition) is 5. The van der Waals surface area contributed by atoms with Crippen LogP contribution in [0.2, 0.25) is 0 Å². The highest BCUT2D eigenvalue weighted by Crippen LogP contribution is 2.06. The zero-order valence-electron chi connectivity index (χ0n) is 11.3. The number of carboxylic acid groups (broad SMARTS) is 1. The monoisotopic (exact) mass is 283 g/mol. The molecule has 1 aromatic rings. The first-order valence-electron chi connectivity index (χ1n) is 6.00. The average Bonchev–Trinajstić information content (AvgIpc) is 2.71. The number of aryl methyl sites for hydroxylation is 1. The molecule has 3 N–H and O–H groups in total. The summed E-state index contributed by atoms with van der Waals surface area (Å²) in [7, 11) is 1.70. The van der Waals surface area contributed by atoms with Gasteiger partial charge in [0.25, 0.3) is 0 Å². The van der Waals surface area contributed by atoms with Crippen LogP contribution in [-0.2, 0) is 23.2 Å². The summed E-state index contributed by atoms with van der Waals surface area (Å²) < 4.78 is 1.49. The lowest BCUT2D eigenvalue weighted by Crippen LogP contribution is -2.39. The van der Waals surface area contributed by atoms with Crippen molar-refractivity contribution in [1.29, 1.82) is 0 Å². The molecule has 1 unspecified atom stereocenters. The minimum absolute atomic E-state index is 0.0262. The van der Waals surface area contributed by atoms with Gasteiger partial charge in [-0.05, 0) is 5.92 Å². The molecule has 9 heteroatoms. The van der Waals surface area contributed by atoms with Crippen LogP contribution in [0.3, 0.4) is 0 Å². The van der Waals surface area contributed by atoms with Crippen LogP contribution in [0.4, 0.5) is 4.79 Å². The summed E-state index contributed by atoms with van der Waals surface area (Å²) in [5.41, 5.74) is 0. The van der Waals surface area contributed by atoms with Crippen molar-refractivity contribution in [2.45, 2.75) is 26.3 Å². The van der Waals surface area contributed by atoms with Crippen molar-refractivity contribution in [3.05, 3.63) is 12.2 Å². The van der Waals surface area contributed by atoms with Crippen molar-refractivity contribution in [3.63, 3.8) is 0 Å². The Labute approximate surface area is 115 Å². The third-order valence-corrected chi connectivity index (χ3v) is 2.36. The maximum atomic E-state index is 11.5. The minimum atomic E-state index is -0.976. The number of imide groups is 1. The number of nitrogens with zero attached hydrogens (tertiary/aromatic N) is 3. The molecule has 0 saturated carbocycles. The lowest BCUT2D eigenvalue weighted by atomic mass is 10.0. The van der Waals surface area contributed by atoms with E-state index in [0.29, 0.717) is 5.82 Å². The zero-order valence-corrected chi connectivity index (χ0v) is 11.3. The van der Waals surface area contributed by atoms with Gasteiger partial charge in [-0.25, -0.2) is 9.78 Å². The number of nitrogens with one attached hydrogen (secondary N) is 2. The fraction of sp³-hybridized carbons (Fsp3) is 0.545. The van der Waals surface area contributed by atoms with E-state index >= 15 is 0 Å². The van der Waals surface area contributed by atoms with Crippen LogP contribution in [-0.4, -0.2) is 37.8 Å². The van der Waals surface area contributed by atoms with Crippen molar-refractivity contribution in [1.82, 2.24) is 25.4 Å². The highest BCUT2D eigenvalue weighted by atomic mass is 16.4. The van der Waals surface area contributed by atoms with E-state index < -0.39 is 17.9 Å². The van der Waals surface area contributed by atoms with Crippen LogP contribution < -0.4 is 10.6 Å². The third-order valence-electron chi connectivity index (χ3n) is 2.36. The van der Waals surface area contributed by atoms with E-state index in [1.54, 1.807) is 14.0 Å². The maximum Gasteiger partial charge on any atom is 0.321 e. The quantitative estimate of drug-likeness (QED) is 0.654. The number of rotatable bonds is 6. The Morgan fingerprint density at radius 1 is 1.40 bits per heavy atom. The molecule has 0 aliphatic carbocycles. The Bertz CT molecular complexity index is 499. The highest BCUT2D eigenvalue weighted by Gasteiger charge is 2.14. The molecule has 20 heavy (non-hydrogen) atoms. The van der Waals surface area contributed by atoms with Crippen LogP contribution in [0, 0.1) is 5.92 Å². The molecule has 3 amide bonds. The number of aromatic nitrogens is 3. The normalized spacial score (nSPS) is 11.7. The molecule has 0 saturated heterocycles. The van der Waals surface area contributed by atoms with Gasteiger partial charge in [0.2, 0.25) is 5.91 Å². The lowest BCUT2D eigenvalue weighted by molar-refractivity contribution is -0.138. The number of amides is 3. The van der Waals surface area contributed by atoms with Gasteiger partial charge >= 0.3 is 12.0 Å². The molecule has 0 bridgehead atoms. The number of urea groups is 1. The maximum absolute atomic E-state index is 11.5. The molecule has 1 aromatic heterocycles. The molecule has 110 valence electrons. The topological polar surface area (TPSA) is 126 Å². The first-order chi connectivity index (χ1) is 9.36. The summed E-state index contributed by atoms with van der Waals surface area (Å²) in [5, 5.41) is 17.1. The van der Waals surface area contributed by atoms with Gasteiger partial charge in [-0.15, -0.1) is 0 Å². The summed E-state index contributed by atoms with van der Waals surface area (Å²) in [5.74, 6) is -1.41. The Hall–Kier alpha value is -2.45. The molecule has 0 spiro atoms. The van der Waals surface area contributed by atoms with Gasteiger partial charge in [0, 0.05) is 19.9 Å². The largest absolute Gasteiger partial charge is 0.481 e. The van der Waals surface area contributed by atoms with E-state index in [9.17, 15) is 14.4 Å². The van der Waals surface area contributed by atoms with Gasteiger partial charge in [0.05, 0.1) is 6.54 Å². The van der Waals surface area contributed by atoms with E-state index in [0.717, 1.165) is 0 Å². The van der Waals surface area contributed by atoms with Crippen molar-refractivity contribution in [2.24, 2.45) is 13.0 Å². The second kappa shape index (κ2) is 7.22. The van der Waals surface area contributed by atoms with Gasteiger partial charge in [-0.1, -0.05) is 6.92 Å². The smallest absolute Gasteiger partial charge is 0.321 e. The Kier molecular flexibility index (Phi) is 5.63. The summed E-state index contributed by atoms with van der Waals surface area (Å²) in [6.07, 6.45) is 1.35. The predicted octanol–water partition coefficient (Wildman–Crippen LogP) is -0.358. The second-order valence-electron chi connectivity index (χ2n) is 4.47. The van der Waals surface area contributed by atoms with Crippen LogP contribution in [0.15, 0.2) is 6.33 Å². The molecular weight excluding hydrogens is 266 g/mol. The van der Waals surface area contributed by atoms with Crippen LogP contribution >= 0.6 is 0 Å². The van der Waals surface area contributed by atoms with Crippen LogP contribution in [0.25, 0.3) is 0 Å². The predicted molar refractivity (Wildman–Crippen MR) is 67.4 cm³/mol. The molecule has 0 aromatic carbocycles. The fourth-order valence-corrected chi connectivity index (χ4v) is 1.53. The van der Waals surface area contributed by atoms with Crippen molar-refractivity contribution >= 4 is 17.9 Å². The molecular formula is C11H17N5O4. The highest BCUT2D eigenvalue weighted by molar-refractivity contribution is 5.94. The first kappa shape index (κ1) is 15.6. The van der Waals surface area contributed by atoms with E-state index in [1.165, 1.54) is 11.0 Å². The molecule has 0 aliphatic heterocycles. The van der Waals surface area contributed by atoms with E-state index in [4.69, 9.17) is 5.11 Å². The molecule has 1 heterocycles. The SMILES string of the molecule is CC(CC(=O)O)CC(=O)NC(=O)NCc1ncn(C)n1. The van der Waals surface area contributed by atoms with Gasteiger partial charge in [-0.3, -0.25) is 19.6 Å². The number of aliphatic carboxylic acids is 1. The Morgan fingerprint density at radius 2 is 2.10 bits per heavy atom. The van der Waals surface area contributed by atoms with Gasteiger partial charge < -0.3 is 10.4 Å². The number of carboxylic acids is 1. The summed E-state index contributed by atoms with van der Waals surface area (Å²) in [6.45, 7) is 1.73. The average molecular weight is 283 g/mol. The number of carbonyl (C=O) groups is 3. The number of carbonyl (C=O) groups excluding carboxylic acids is 2. The molecule has 0 radical (unpaired) electrons. The lowest BCUT2D eigenvalue weighted by Gasteiger charge is -2.08. The van der Waals surface area contributed by atoms with Crippen molar-refractivity contribution in [2.75, 3.05) is 0 Å². The third kappa shape index (κ3) is 5.94. The van der Waals surface area contributed by atoms with Crippen molar-refractivity contribution < 1.29 is 19.5 Å². The summed E-state index contributed by atoms with van der Waals surface area (Å²) in [4.78, 5) is 37.2. The van der Waals surface area contributed by atoms with Gasteiger partial charge in [0.1, 0.15) is 6.33 Å². The first-order valence-corrected chi connectivity index (χ1v) is 6.00. The minimum Gasteiger partial charge on any atom is -0.481 e. The standard InChI is InChI=1S/C11H17N5O4/c1-7(4-10(18)19)3-9(17)14-11(20)12-5-8-13-6-16(2)15-8/h6-7H,3-5H2,1-2H3,(H,18,19)(H2,12,14,17,20). The molecule has 0 fully saturated rings. The summed E-state index contributed by atoms with van der Waals surface area (Å²) in [6, 6.07) is -0.662. The van der Waals surface area contributed by atoms with E-state index in [2.05, 4.69) is 20.7 Å². The number of hydrogen-bond donors (Lipinski definition) is 3. The van der Waals surface area contributed by atoms with Crippen LogP contribution in [0.5, 0.6) is 0 Å². The van der Waals surface area contributed by atoms with Gasteiger partial charge in [0.15, 0.2) is 5.82 Å². The summed E-state index contributed by atoms with van der Waals surface area (Å²) >= 11 is 0. The zero-order chi connectivity index (χ0) is 15.1. The van der Waals surface area contributed by atoms with Crippen molar-refractivity contribution in [3.8, 4) is 0 Å². The molecule has 9 nitrogen and oxygen atoms in total. The Balaban J connectivity index is 2.27. The van der Waals surface area contributed by atoms with Crippen LogP contribution in [0.1, 0.15) is 25.6 Å². The molecule has 0 aliphatic rings. The molecule has 1 rings (SSSR count). The van der Waals surface area contributed by atoms with E-state index in [-0.39, 0.29) is 25.3 Å². The fourth-order valence-electron chi connectivity index (χ4n) is 1.53. The second-order valence-corrected chi connectivity index (χ2v) is 4.47. The molecule has 1 atom stereocenters.